The van der Waals surface area contributed by atoms with E-state index in [1.807, 2.05) is 6.07 Å². The maximum atomic E-state index is 5.29. The summed E-state index contributed by atoms with van der Waals surface area (Å²) in [5, 5.41) is 6.26. The normalized spacial score (nSPS) is 21.2. The van der Waals surface area contributed by atoms with Crippen molar-refractivity contribution in [3.63, 3.8) is 0 Å². The quantitative estimate of drug-likeness (QED) is 0.375. The van der Waals surface area contributed by atoms with Crippen LogP contribution in [0.15, 0.2) is 114 Å². The van der Waals surface area contributed by atoms with Crippen LogP contribution in [0.1, 0.15) is 24.3 Å². The number of aliphatic imine (C=N–C) groups is 1. The molecule has 162 valence electrons. The molecule has 2 atom stereocenters. The van der Waals surface area contributed by atoms with Crippen LogP contribution in [0.25, 0.3) is 21.8 Å². The topological polar surface area (TPSA) is 32.6 Å². The minimum Gasteiger partial charge on any atom is -0.348 e. The smallest absolute Gasteiger partial charge is 0.187 e. The highest BCUT2D eigenvalue weighted by Crippen LogP contribution is 2.39. The van der Waals surface area contributed by atoms with Crippen molar-refractivity contribution in [2.45, 2.75) is 18.9 Å². The first-order valence-electron chi connectivity index (χ1n) is 11.3. The zero-order valence-corrected chi connectivity index (χ0v) is 18.8. The zero-order chi connectivity index (χ0) is 22.4. The van der Waals surface area contributed by atoms with E-state index in [1.165, 1.54) is 27.4 Å². The Morgan fingerprint density at radius 1 is 0.697 bits per heavy atom. The van der Waals surface area contributed by atoms with Gasteiger partial charge in [-0.3, -0.25) is 0 Å². The Bertz CT molecular complexity index is 1420. The summed E-state index contributed by atoms with van der Waals surface area (Å²) >= 11 is 0. The Balaban J connectivity index is 1.63. The van der Waals surface area contributed by atoms with E-state index in [-0.39, 0.29) is 6.29 Å². The highest BCUT2D eigenvalue weighted by molar-refractivity contribution is 6.08. The molecule has 1 N–H and O–H groups in total. The van der Waals surface area contributed by atoms with Crippen molar-refractivity contribution in [1.82, 2.24) is 14.8 Å². The minimum atomic E-state index is -0.453. The highest BCUT2D eigenvalue weighted by atomic mass is 15.5. The van der Waals surface area contributed by atoms with Crippen LogP contribution in [0.5, 0.6) is 0 Å². The van der Waals surface area contributed by atoms with Crippen molar-refractivity contribution in [2.75, 3.05) is 7.05 Å². The van der Waals surface area contributed by atoms with E-state index in [9.17, 15) is 0 Å². The van der Waals surface area contributed by atoms with Crippen molar-refractivity contribution >= 4 is 27.6 Å². The molecule has 0 fully saturated rings. The van der Waals surface area contributed by atoms with Crippen molar-refractivity contribution in [2.24, 2.45) is 4.99 Å². The molecule has 0 spiro atoms. The van der Waals surface area contributed by atoms with Crippen LogP contribution in [0.4, 0.5) is 0 Å². The van der Waals surface area contributed by atoms with Crippen molar-refractivity contribution in [3.05, 3.63) is 120 Å². The first-order chi connectivity index (χ1) is 16.2. The number of fused-ring (bicyclic) bond motifs is 3. The lowest BCUT2D eigenvalue weighted by Gasteiger charge is -2.47. The summed E-state index contributed by atoms with van der Waals surface area (Å²) in [6.45, 7) is 2.24. The second-order valence-corrected chi connectivity index (χ2v) is 8.77. The summed E-state index contributed by atoms with van der Waals surface area (Å²) in [5.41, 5.74) is 4.19. The lowest BCUT2D eigenvalue weighted by molar-refractivity contribution is 0.0297. The van der Waals surface area contributed by atoms with E-state index >= 15 is 0 Å². The number of rotatable bonds is 3. The molecule has 1 aliphatic heterocycles. The standard InChI is InChI=1S/C29H26N4/c1-29(22-15-7-4-8-16-22)31-27(21-13-5-3-6-14-21)30-28(32(29)2)33-25-19-11-9-17-23(25)24-18-10-12-20-26(24)33/h3-20,28H,1-2H3,(H,30,31). The first-order valence-corrected chi connectivity index (χ1v) is 11.3. The van der Waals surface area contributed by atoms with E-state index in [1.54, 1.807) is 0 Å². The molecule has 0 aliphatic carbocycles. The van der Waals surface area contributed by atoms with Crippen LogP contribution in [0.2, 0.25) is 0 Å². The van der Waals surface area contributed by atoms with Gasteiger partial charge in [-0.2, -0.15) is 0 Å². The fourth-order valence-electron chi connectivity index (χ4n) is 5.00. The second kappa shape index (κ2) is 7.61. The number of nitrogens with one attached hydrogen (secondary N) is 1. The Morgan fingerprint density at radius 2 is 1.21 bits per heavy atom. The predicted molar refractivity (Wildman–Crippen MR) is 136 cm³/mol. The van der Waals surface area contributed by atoms with Gasteiger partial charge in [-0.05, 0) is 31.7 Å². The molecule has 2 heterocycles. The highest BCUT2D eigenvalue weighted by Gasteiger charge is 2.41. The lowest BCUT2D eigenvalue weighted by atomic mass is 9.97. The minimum absolute atomic E-state index is 0.225. The van der Waals surface area contributed by atoms with Gasteiger partial charge in [-0.15, -0.1) is 0 Å². The SMILES string of the molecule is CN1C(n2c3ccccc3c3ccccc32)N=C(c2ccccc2)NC1(C)c1ccccc1. The summed E-state index contributed by atoms with van der Waals surface area (Å²) in [5.74, 6) is 0.895. The Morgan fingerprint density at radius 3 is 1.82 bits per heavy atom. The van der Waals surface area contributed by atoms with Gasteiger partial charge in [0.05, 0.1) is 11.0 Å². The molecule has 4 aromatic carbocycles. The molecular formula is C29H26N4. The molecule has 33 heavy (non-hydrogen) atoms. The summed E-state index contributed by atoms with van der Waals surface area (Å²) in [6, 6.07) is 38.2. The number of para-hydroxylation sites is 2. The zero-order valence-electron chi connectivity index (χ0n) is 18.8. The van der Waals surface area contributed by atoms with Crippen molar-refractivity contribution < 1.29 is 0 Å². The molecule has 5 aromatic rings. The van der Waals surface area contributed by atoms with Gasteiger partial charge in [-0.1, -0.05) is 97.1 Å². The van der Waals surface area contributed by atoms with Crippen LogP contribution in [-0.2, 0) is 5.66 Å². The van der Waals surface area contributed by atoms with E-state index in [4.69, 9.17) is 4.99 Å². The van der Waals surface area contributed by atoms with Gasteiger partial charge in [0.1, 0.15) is 11.5 Å². The summed E-state index contributed by atoms with van der Waals surface area (Å²) < 4.78 is 2.37. The van der Waals surface area contributed by atoms with Crippen molar-refractivity contribution in [1.29, 1.82) is 0 Å². The number of hydrogen-bond donors (Lipinski definition) is 1. The number of nitrogens with zero attached hydrogens (tertiary/aromatic N) is 3. The maximum absolute atomic E-state index is 5.29. The molecular weight excluding hydrogens is 404 g/mol. The molecule has 1 aromatic heterocycles. The second-order valence-electron chi connectivity index (χ2n) is 8.77. The fraction of sp³-hybridized carbons (Fsp3) is 0.138. The molecule has 1 aliphatic rings. The number of aromatic nitrogens is 1. The molecule has 2 unspecified atom stereocenters. The average Bonchev–Trinajstić information content (AvgIpc) is 3.21. The Labute approximate surface area is 193 Å². The molecule has 4 nitrogen and oxygen atoms in total. The molecule has 4 heteroatoms. The maximum Gasteiger partial charge on any atom is 0.187 e. The fourth-order valence-corrected chi connectivity index (χ4v) is 5.00. The van der Waals surface area contributed by atoms with Gasteiger partial charge >= 0.3 is 0 Å². The number of benzene rings is 4. The summed E-state index contributed by atoms with van der Waals surface area (Å²) in [4.78, 5) is 7.62. The largest absolute Gasteiger partial charge is 0.348 e. The van der Waals surface area contributed by atoms with Crippen LogP contribution in [0, 0.1) is 0 Å². The summed E-state index contributed by atoms with van der Waals surface area (Å²) in [6.07, 6.45) is -0.225. The van der Waals surface area contributed by atoms with Gasteiger partial charge in [0, 0.05) is 16.3 Å². The Kier molecular flexibility index (Phi) is 4.56. The number of hydrogen-bond acceptors (Lipinski definition) is 3. The van der Waals surface area contributed by atoms with Crippen LogP contribution in [0.3, 0.4) is 0 Å². The monoisotopic (exact) mass is 430 g/mol. The van der Waals surface area contributed by atoms with Crippen LogP contribution >= 0.6 is 0 Å². The average molecular weight is 431 g/mol. The molecule has 0 saturated carbocycles. The third-order valence-corrected chi connectivity index (χ3v) is 6.89. The van der Waals surface area contributed by atoms with E-state index < -0.39 is 5.66 Å². The Hall–Kier alpha value is -3.89. The molecule has 6 rings (SSSR count). The van der Waals surface area contributed by atoms with Crippen LogP contribution in [-0.4, -0.2) is 22.4 Å². The van der Waals surface area contributed by atoms with E-state index in [0.29, 0.717) is 0 Å². The van der Waals surface area contributed by atoms with Gasteiger partial charge in [0.2, 0.25) is 0 Å². The van der Waals surface area contributed by atoms with Gasteiger partial charge < -0.3 is 9.88 Å². The molecule has 0 amide bonds. The lowest BCUT2D eigenvalue weighted by Crippen LogP contribution is -2.59. The third kappa shape index (κ3) is 3.06. The van der Waals surface area contributed by atoms with Gasteiger partial charge in [0.15, 0.2) is 6.29 Å². The summed E-state index contributed by atoms with van der Waals surface area (Å²) in [7, 11) is 2.15. The van der Waals surface area contributed by atoms with Gasteiger partial charge in [-0.25, -0.2) is 9.89 Å². The van der Waals surface area contributed by atoms with E-state index in [2.05, 4.69) is 132 Å². The first kappa shape index (κ1) is 19.8. The van der Waals surface area contributed by atoms with Crippen LogP contribution < -0.4 is 5.32 Å². The predicted octanol–water partition coefficient (Wildman–Crippen LogP) is 6.11. The molecule has 0 radical (unpaired) electrons. The van der Waals surface area contributed by atoms with Gasteiger partial charge in [0.25, 0.3) is 0 Å². The number of amidine groups is 1. The molecule has 0 saturated heterocycles. The third-order valence-electron chi connectivity index (χ3n) is 6.89. The van der Waals surface area contributed by atoms with E-state index in [0.717, 1.165) is 11.4 Å². The molecule has 0 bridgehead atoms. The van der Waals surface area contributed by atoms with Crippen molar-refractivity contribution in [3.8, 4) is 0 Å².